The van der Waals surface area contributed by atoms with Crippen LogP contribution in [0.1, 0.15) is 26.7 Å². The molecule has 1 heterocycles. The van der Waals surface area contributed by atoms with Crippen molar-refractivity contribution in [2.24, 2.45) is 11.1 Å². The number of thiocarbonyl (C=S) groups is 1. The maximum atomic E-state index is 5.80. The van der Waals surface area contributed by atoms with Crippen LogP contribution in [0.2, 0.25) is 5.02 Å². The molecule has 5 heteroatoms. The highest BCUT2D eigenvalue weighted by Gasteiger charge is 2.20. The van der Waals surface area contributed by atoms with Crippen LogP contribution < -0.4 is 10.5 Å². The zero-order valence-corrected chi connectivity index (χ0v) is 11.6. The van der Waals surface area contributed by atoms with Crippen molar-refractivity contribution in [2.75, 3.05) is 6.61 Å². The molecule has 2 N–H and O–H groups in total. The molecule has 0 aliphatic carbocycles. The molecular formula is C12H17ClN2OS. The third-order valence-corrected chi connectivity index (χ3v) is 3.32. The van der Waals surface area contributed by atoms with Crippen LogP contribution in [0.25, 0.3) is 0 Å². The van der Waals surface area contributed by atoms with Crippen molar-refractivity contribution in [1.82, 2.24) is 4.98 Å². The summed E-state index contributed by atoms with van der Waals surface area (Å²) in [6.07, 6.45) is 5.00. The monoisotopic (exact) mass is 272 g/mol. The summed E-state index contributed by atoms with van der Waals surface area (Å²) in [5.74, 6) is 0.686. The number of hydrogen-bond acceptors (Lipinski definition) is 3. The standard InChI is InChI=1S/C12H17ClN2OS/c1-12(2,11(14)17)4-3-5-16-10-6-9(13)7-15-8-10/h6-8H,3-5H2,1-2H3,(H2,14,17). The van der Waals surface area contributed by atoms with E-state index >= 15 is 0 Å². The Kier molecular flexibility index (Phi) is 5.15. The zero-order valence-electron chi connectivity index (χ0n) is 10.1. The van der Waals surface area contributed by atoms with Crippen molar-refractivity contribution < 1.29 is 4.74 Å². The first-order valence-corrected chi connectivity index (χ1v) is 6.24. The predicted molar refractivity (Wildman–Crippen MR) is 74.5 cm³/mol. The lowest BCUT2D eigenvalue weighted by atomic mass is 9.88. The summed E-state index contributed by atoms with van der Waals surface area (Å²) in [6, 6.07) is 1.74. The molecule has 0 aromatic carbocycles. The molecule has 0 unspecified atom stereocenters. The Morgan fingerprint density at radius 1 is 1.53 bits per heavy atom. The number of hydrogen-bond donors (Lipinski definition) is 1. The molecule has 0 fully saturated rings. The molecule has 1 aromatic rings. The summed E-state index contributed by atoms with van der Waals surface area (Å²) < 4.78 is 5.53. The van der Waals surface area contributed by atoms with Crippen LogP contribution in [0.15, 0.2) is 18.5 Å². The number of nitrogens with two attached hydrogens (primary N) is 1. The first-order chi connectivity index (χ1) is 7.92. The van der Waals surface area contributed by atoms with Crippen molar-refractivity contribution in [1.29, 1.82) is 0 Å². The van der Waals surface area contributed by atoms with Gasteiger partial charge in [0.2, 0.25) is 0 Å². The Bertz CT molecular complexity index is 396. The SMILES string of the molecule is CC(C)(CCCOc1cncc(Cl)c1)C(N)=S. The second kappa shape index (κ2) is 6.17. The molecule has 1 rings (SSSR count). The van der Waals surface area contributed by atoms with Gasteiger partial charge in [0.05, 0.1) is 22.8 Å². The molecule has 0 saturated carbocycles. The van der Waals surface area contributed by atoms with Gasteiger partial charge in [-0.2, -0.15) is 0 Å². The van der Waals surface area contributed by atoms with E-state index in [9.17, 15) is 0 Å². The number of halogens is 1. The summed E-state index contributed by atoms with van der Waals surface area (Å²) in [6.45, 7) is 4.68. The average Bonchev–Trinajstić information content (AvgIpc) is 2.24. The summed E-state index contributed by atoms with van der Waals surface area (Å²) in [7, 11) is 0. The van der Waals surface area contributed by atoms with E-state index in [0.29, 0.717) is 22.4 Å². The van der Waals surface area contributed by atoms with Gasteiger partial charge >= 0.3 is 0 Å². The highest BCUT2D eigenvalue weighted by molar-refractivity contribution is 7.80. The molecule has 0 amide bonds. The minimum atomic E-state index is -0.120. The lowest BCUT2D eigenvalue weighted by molar-refractivity contribution is 0.287. The van der Waals surface area contributed by atoms with Gasteiger partial charge in [0.1, 0.15) is 5.75 Å². The molecule has 3 nitrogen and oxygen atoms in total. The molecule has 0 aliphatic rings. The van der Waals surface area contributed by atoms with Crippen LogP contribution in [0.4, 0.5) is 0 Å². The third kappa shape index (κ3) is 4.88. The quantitative estimate of drug-likeness (QED) is 0.638. The van der Waals surface area contributed by atoms with Gasteiger partial charge in [-0.05, 0) is 12.8 Å². The van der Waals surface area contributed by atoms with E-state index < -0.39 is 0 Å². The van der Waals surface area contributed by atoms with Gasteiger partial charge < -0.3 is 10.5 Å². The molecule has 0 spiro atoms. The molecule has 0 atom stereocenters. The first kappa shape index (κ1) is 14.2. The van der Waals surface area contributed by atoms with Crippen LogP contribution in [-0.4, -0.2) is 16.6 Å². The summed E-state index contributed by atoms with van der Waals surface area (Å²) in [5.41, 5.74) is 5.53. The van der Waals surface area contributed by atoms with Gasteiger partial charge in [-0.1, -0.05) is 37.7 Å². The fourth-order valence-corrected chi connectivity index (χ4v) is 1.56. The largest absolute Gasteiger partial charge is 0.492 e. The van der Waals surface area contributed by atoms with Crippen LogP contribution in [0.5, 0.6) is 5.75 Å². The number of rotatable bonds is 6. The van der Waals surface area contributed by atoms with Crippen molar-refractivity contribution in [2.45, 2.75) is 26.7 Å². The Hall–Kier alpha value is -0.870. The Balaban J connectivity index is 2.32. The van der Waals surface area contributed by atoms with E-state index in [1.807, 2.05) is 13.8 Å². The third-order valence-electron chi connectivity index (χ3n) is 2.56. The van der Waals surface area contributed by atoms with Gasteiger partial charge in [0, 0.05) is 17.7 Å². The van der Waals surface area contributed by atoms with E-state index in [2.05, 4.69) is 4.98 Å². The Morgan fingerprint density at radius 2 is 2.24 bits per heavy atom. The predicted octanol–water partition coefficient (Wildman–Crippen LogP) is 3.21. The maximum absolute atomic E-state index is 5.80. The highest BCUT2D eigenvalue weighted by Crippen LogP contribution is 2.23. The lowest BCUT2D eigenvalue weighted by Crippen LogP contribution is -2.30. The first-order valence-electron chi connectivity index (χ1n) is 5.45. The molecule has 0 bridgehead atoms. The molecule has 94 valence electrons. The zero-order chi connectivity index (χ0) is 12.9. The van der Waals surface area contributed by atoms with E-state index in [4.69, 9.17) is 34.3 Å². The van der Waals surface area contributed by atoms with Crippen molar-refractivity contribution in [3.8, 4) is 5.75 Å². The van der Waals surface area contributed by atoms with Gasteiger partial charge in [-0.3, -0.25) is 4.98 Å². The number of aromatic nitrogens is 1. The topological polar surface area (TPSA) is 48.1 Å². The van der Waals surface area contributed by atoms with Crippen LogP contribution in [0.3, 0.4) is 0 Å². The lowest BCUT2D eigenvalue weighted by Gasteiger charge is -2.22. The van der Waals surface area contributed by atoms with Gasteiger partial charge in [0.25, 0.3) is 0 Å². The number of nitrogens with zero attached hydrogens (tertiary/aromatic N) is 1. The van der Waals surface area contributed by atoms with Crippen LogP contribution >= 0.6 is 23.8 Å². The van der Waals surface area contributed by atoms with E-state index in [0.717, 1.165) is 12.8 Å². The number of ether oxygens (including phenoxy) is 1. The minimum absolute atomic E-state index is 0.120. The smallest absolute Gasteiger partial charge is 0.139 e. The minimum Gasteiger partial charge on any atom is -0.492 e. The van der Waals surface area contributed by atoms with Gasteiger partial charge in [-0.15, -0.1) is 0 Å². The molecule has 0 radical (unpaired) electrons. The number of pyridine rings is 1. The second-order valence-corrected chi connectivity index (χ2v) is 5.42. The summed E-state index contributed by atoms with van der Waals surface area (Å²) in [5, 5.41) is 0.575. The summed E-state index contributed by atoms with van der Waals surface area (Å²) in [4.78, 5) is 4.49. The normalized spacial score (nSPS) is 11.2. The van der Waals surface area contributed by atoms with Crippen molar-refractivity contribution >= 4 is 28.8 Å². The van der Waals surface area contributed by atoms with E-state index in [-0.39, 0.29) is 5.41 Å². The Morgan fingerprint density at radius 3 is 2.82 bits per heavy atom. The molecule has 0 saturated heterocycles. The second-order valence-electron chi connectivity index (χ2n) is 4.54. The van der Waals surface area contributed by atoms with Crippen LogP contribution in [0, 0.1) is 5.41 Å². The molecule has 1 aromatic heterocycles. The van der Waals surface area contributed by atoms with Gasteiger partial charge in [0.15, 0.2) is 0 Å². The van der Waals surface area contributed by atoms with Crippen LogP contribution in [-0.2, 0) is 0 Å². The van der Waals surface area contributed by atoms with Gasteiger partial charge in [-0.25, -0.2) is 0 Å². The van der Waals surface area contributed by atoms with E-state index in [1.165, 1.54) is 0 Å². The molecular weight excluding hydrogens is 256 g/mol. The average molecular weight is 273 g/mol. The van der Waals surface area contributed by atoms with E-state index in [1.54, 1.807) is 18.5 Å². The molecule has 17 heavy (non-hydrogen) atoms. The maximum Gasteiger partial charge on any atom is 0.139 e. The highest BCUT2D eigenvalue weighted by atomic mass is 35.5. The Labute approximate surface area is 112 Å². The molecule has 0 aliphatic heterocycles. The fourth-order valence-electron chi connectivity index (χ4n) is 1.30. The van der Waals surface area contributed by atoms with Crippen molar-refractivity contribution in [3.63, 3.8) is 0 Å². The summed E-state index contributed by atoms with van der Waals surface area (Å²) >= 11 is 10.8. The fraction of sp³-hybridized carbons (Fsp3) is 0.500. The van der Waals surface area contributed by atoms with Crippen molar-refractivity contribution in [3.05, 3.63) is 23.5 Å².